The number of carbonyl (C=O) groups is 1. The second-order valence-corrected chi connectivity index (χ2v) is 2.94. The van der Waals surface area contributed by atoms with Crippen LogP contribution in [-0.2, 0) is 14.3 Å². The first kappa shape index (κ1) is 11.5. The lowest BCUT2D eigenvalue weighted by atomic mass is 10.1. The molecule has 1 aromatic rings. The molecule has 0 amide bonds. The first-order valence-corrected chi connectivity index (χ1v) is 4.65. The lowest BCUT2D eigenvalue weighted by Crippen LogP contribution is -2.17. The normalized spacial score (nSPS) is 11.8. The third kappa shape index (κ3) is 3.22. The molecule has 0 aromatic heterocycles. The molecule has 0 unspecified atom stereocenters. The lowest BCUT2D eigenvalue weighted by Gasteiger charge is -2.14. The molecule has 1 aromatic carbocycles. The fraction of sp³-hybridized carbons (Fsp3) is 0.250. The van der Waals surface area contributed by atoms with E-state index in [9.17, 15) is 4.79 Å². The van der Waals surface area contributed by atoms with Crippen LogP contribution >= 0.6 is 0 Å². The van der Waals surface area contributed by atoms with E-state index in [0.29, 0.717) is 6.61 Å². The predicted octanol–water partition coefficient (Wildman–Crippen LogP) is 2.10. The molecule has 0 aliphatic carbocycles. The van der Waals surface area contributed by atoms with Crippen LogP contribution in [0.25, 0.3) is 0 Å². The lowest BCUT2D eigenvalue weighted by molar-refractivity contribution is -0.153. The van der Waals surface area contributed by atoms with Gasteiger partial charge in [-0.2, -0.15) is 0 Å². The van der Waals surface area contributed by atoms with Crippen molar-refractivity contribution in [3.63, 3.8) is 0 Å². The molecule has 0 fully saturated rings. The molecule has 0 spiro atoms. The summed E-state index contributed by atoms with van der Waals surface area (Å²) in [7, 11) is 1.34. The SMILES string of the molecule is C=CCO[C@@H](C(=O)OC)c1ccccc1. The van der Waals surface area contributed by atoms with E-state index in [4.69, 9.17) is 4.74 Å². The second kappa shape index (κ2) is 5.98. The molecule has 0 saturated heterocycles. The number of hydrogen-bond acceptors (Lipinski definition) is 3. The number of rotatable bonds is 5. The van der Waals surface area contributed by atoms with Gasteiger partial charge in [-0.1, -0.05) is 36.4 Å². The summed E-state index contributed by atoms with van der Waals surface area (Å²) in [6, 6.07) is 9.23. The number of esters is 1. The summed E-state index contributed by atoms with van der Waals surface area (Å²) in [4.78, 5) is 11.4. The summed E-state index contributed by atoms with van der Waals surface area (Å²) >= 11 is 0. The van der Waals surface area contributed by atoms with Crippen LogP contribution in [0.1, 0.15) is 11.7 Å². The Morgan fingerprint density at radius 1 is 1.47 bits per heavy atom. The van der Waals surface area contributed by atoms with E-state index in [0.717, 1.165) is 5.56 Å². The molecule has 1 rings (SSSR count). The quantitative estimate of drug-likeness (QED) is 0.546. The molecule has 80 valence electrons. The molecular weight excluding hydrogens is 192 g/mol. The van der Waals surface area contributed by atoms with E-state index < -0.39 is 12.1 Å². The molecule has 0 aliphatic rings. The molecule has 1 atom stereocenters. The minimum absolute atomic E-state index is 0.314. The highest BCUT2D eigenvalue weighted by Gasteiger charge is 2.21. The highest BCUT2D eigenvalue weighted by molar-refractivity contribution is 5.76. The fourth-order valence-corrected chi connectivity index (χ4v) is 1.20. The number of carbonyl (C=O) groups excluding carboxylic acids is 1. The van der Waals surface area contributed by atoms with E-state index in [2.05, 4.69) is 11.3 Å². The van der Waals surface area contributed by atoms with Crippen molar-refractivity contribution in [3.8, 4) is 0 Å². The van der Waals surface area contributed by atoms with Gasteiger partial charge in [-0.3, -0.25) is 0 Å². The van der Waals surface area contributed by atoms with Gasteiger partial charge in [0, 0.05) is 0 Å². The van der Waals surface area contributed by atoms with Crippen LogP contribution in [0.3, 0.4) is 0 Å². The maximum atomic E-state index is 11.4. The summed E-state index contributed by atoms with van der Waals surface area (Å²) in [5, 5.41) is 0. The van der Waals surface area contributed by atoms with Gasteiger partial charge in [-0.05, 0) is 5.56 Å². The van der Waals surface area contributed by atoms with E-state index in [-0.39, 0.29) is 0 Å². The fourth-order valence-electron chi connectivity index (χ4n) is 1.20. The van der Waals surface area contributed by atoms with E-state index in [1.54, 1.807) is 6.08 Å². The van der Waals surface area contributed by atoms with E-state index in [1.165, 1.54) is 7.11 Å². The van der Waals surface area contributed by atoms with Gasteiger partial charge in [0.1, 0.15) is 0 Å². The van der Waals surface area contributed by atoms with Crippen LogP contribution in [0, 0.1) is 0 Å². The molecule has 0 saturated carbocycles. The van der Waals surface area contributed by atoms with Crippen LogP contribution in [0.2, 0.25) is 0 Å². The van der Waals surface area contributed by atoms with Gasteiger partial charge in [-0.15, -0.1) is 6.58 Å². The maximum absolute atomic E-state index is 11.4. The minimum Gasteiger partial charge on any atom is -0.467 e. The first-order chi connectivity index (χ1) is 7.29. The Kier molecular flexibility index (Phi) is 4.57. The molecule has 0 heterocycles. The Balaban J connectivity index is 2.81. The predicted molar refractivity (Wildman–Crippen MR) is 57.3 cm³/mol. The molecule has 0 bridgehead atoms. The van der Waals surface area contributed by atoms with Crippen LogP contribution in [0.15, 0.2) is 43.0 Å². The van der Waals surface area contributed by atoms with Crippen molar-refractivity contribution in [1.29, 1.82) is 0 Å². The van der Waals surface area contributed by atoms with Crippen LogP contribution in [0.4, 0.5) is 0 Å². The average Bonchev–Trinajstić information content (AvgIpc) is 2.30. The van der Waals surface area contributed by atoms with Gasteiger partial charge in [0.15, 0.2) is 6.10 Å². The summed E-state index contributed by atoms with van der Waals surface area (Å²) in [6.07, 6.45) is 0.924. The minimum atomic E-state index is -0.672. The zero-order chi connectivity index (χ0) is 11.1. The summed E-state index contributed by atoms with van der Waals surface area (Å²) in [6.45, 7) is 3.85. The standard InChI is InChI=1S/C12H14O3/c1-3-9-15-11(12(13)14-2)10-7-5-4-6-8-10/h3-8,11H,1,9H2,2H3/t11-/m1/s1. The van der Waals surface area contributed by atoms with Crippen molar-refractivity contribution in [2.24, 2.45) is 0 Å². The third-order valence-corrected chi connectivity index (χ3v) is 1.90. The largest absolute Gasteiger partial charge is 0.467 e. The third-order valence-electron chi connectivity index (χ3n) is 1.90. The van der Waals surface area contributed by atoms with Gasteiger partial charge in [0.05, 0.1) is 13.7 Å². The smallest absolute Gasteiger partial charge is 0.339 e. The van der Waals surface area contributed by atoms with Gasteiger partial charge in [0.25, 0.3) is 0 Å². The Morgan fingerprint density at radius 3 is 2.67 bits per heavy atom. The molecule has 0 N–H and O–H groups in total. The van der Waals surface area contributed by atoms with Crippen LogP contribution < -0.4 is 0 Å². The van der Waals surface area contributed by atoms with E-state index >= 15 is 0 Å². The van der Waals surface area contributed by atoms with Gasteiger partial charge in [0.2, 0.25) is 0 Å². The van der Waals surface area contributed by atoms with Crippen molar-refractivity contribution in [2.45, 2.75) is 6.10 Å². The Morgan fingerprint density at radius 2 is 2.13 bits per heavy atom. The zero-order valence-corrected chi connectivity index (χ0v) is 8.68. The number of methoxy groups -OCH3 is 1. The summed E-state index contributed by atoms with van der Waals surface area (Å²) in [5.74, 6) is -0.400. The highest BCUT2D eigenvalue weighted by Crippen LogP contribution is 2.18. The number of benzene rings is 1. The van der Waals surface area contributed by atoms with Crippen LogP contribution in [-0.4, -0.2) is 19.7 Å². The van der Waals surface area contributed by atoms with Crippen molar-refractivity contribution in [2.75, 3.05) is 13.7 Å². The first-order valence-electron chi connectivity index (χ1n) is 4.65. The molecule has 15 heavy (non-hydrogen) atoms. The summed E-state index contributed by atoms with van der Waals surface area (Å²) in [5.41, 5.74) is 0.784. The van der Waals surface area contributed by atoms with Crippen molar-refractivity contribution in [1.82, 2.24) is 0 Å². The number of hydrogen-bond donors (Lipinski definition) is 0. The molecular formula is C12H14O3. The Hall–Kier alpha value is -1.61. The molecule has 0 aliphatic heterocycles. The van der Waals surface area contributed by atoms with E-state index in [1.807, 2.05) is 30.3 Å². The molecule has 3 heteroatoms. The van der Waals surface area contributed by atoms with Crippen molar-refractivity contribution in [3.05, 3.63) is 48.6 Å². The van der Waals surface area contributed by atoms with Crippen molar-refractivity contribution < 1.29 is 14.3 Å². The Labute approximate surface area is 89.3 Å². The van der Waals surface area contributed by atoms with Gasteiger partial charge in [-0.25, -0.2) is 4.79 Å². The highest BCUT2D eigenvalue weighted by atomic mass is 16.6. The molecule has 3 nitrogen and oxygen atoms in total. The monoisotopic (exact) mass is 206 g/mol. The number of ether oxygens (including phenoxy) is 2. The second-order valence-electron chi connectivity index (χ2n) is 2.94. The maximum Gasteiger partial charge on any atom is 0.339 e. The zero-order valence-electron chi connectivity index (χ0n) is 8.68. The summed E-state index contributed by atoms with van der Waals surface area (Å²) < 4.78 is 10.0. The average molecular weight is 206 g/mol. The topological polar surface area (TPSA) is 35.5 Å². The van der Waals surface area contributed by atoms with Gasteiger partial charge < -0.3 is 9.47 Å². The van der Waals surface area contributed by atoms with Gasteiger partial charge >= 0.3 is 5.97 Å². The molecule has 0 radical (unpaired) electrons. The van der Waals surface area contributed by atoms with Crippen LogP contribution in [0.5, 0.6) is 0 Å². The Bertz CT molecular complexity index is 319. The van der Waals surface area contributed by atoms with Crippen molar-refractivity contribution >= 4 is 5.97 Å².